The fraction of sp³-hybridized carbons (Fsp3) is 0. The molecule has 0 saturated carbocycles. The minimum atomic E-state index is -0.329. The quantitative estimate of drug-likeness (QED) is 0.712. The van der Waals surface area contributed by atoms with Crippen LogP contribution < -0.4 is 5.73 Å². The van der Waals surface area contributed by atoms with Crippen molar-refractivity contribution in [1.29, 1.82) is 0 Å². The van der Waals surface area contributed by atoms with Gasteiger partial charge in [-0.05, 0) is 18.2 Å². The molecule has 1 aromatic heterocycles. The lowest BCUT2D eigenvalue weighted by Gasteiger charge is -2.10. The van der Waals surface area contributed by atoms with E-state index in [0.29, 0.717) is 11.4 Å². The van der Waals surface area contributed by atoms with Gasteiger partial charge in [-0.1, -0.05) is 30.3 Å². The van der Waals surface area contributed by atoms with Crippen LogP contribution in [0.4, 0.5) is 10.1 Å². The van der Waals surface area contributed by atoms with Crippen LogP contribution >= 0.6 is 0 Å². The van der Waals surface area contributed by atoms with E-state index in [2.05, 4.69) is 4.98 Å². The number of aromatic nitrogens is 2. The average molecular weight is 253 g/mol. The minimum Gasteiger partial charge on any atom is -0.399 e. The molecule has 0 amide bonds. The molecule has 3 rings (SSSR count). The molecule has 0 spiro atoms. The van der Waals surface area contributed by atoms with Crippen molar-refractivity contribution >= 4 is 5.69 Å². The van der Waals surface area contributed by atoms with Gasteiger partial charge in [0.1, 0.15) is 5.82 Å². The molecule has 0 aliphatic rings. The molecule has 19 heavy (non-hydrogen) atoms. The van der Waals surface area contributed by atoms with Gasteiger partial charge in [0, 0.05) is 11.3 Å². The monoisotopic (exact) mass is 253 g/mol. The smallest absolute Gasteiger partial charge is 0.147 e. The van der Waals surface area contributed by atoms with Crippen molar-refractivity contribution in [2.75, 3.05) is 5.73 Å². The van der Waals surface area contributed by atoms with Crippen molar-refractivity contribution in [2.45, 2.75) is 0 Å². The molecule has 0 radical (unpaired) electrons. The third-order valence-corrected chi connectivity index (χ3v) is 2.94. The van der Waals surface area contributed by atoms with Crippen molar-refractivity contribution in [2.24, 2.45) is 0 Å². The van der Waals surface area contributed by atoms with Crippen molar-refractivity contribution in [1.82, 2.24) is 9.55 Å². The van der Waals surface area contributed by atoms with Crippen LogP contribution in [0.15, 0.2) is 61.1 Å². The second-order valence-corrected chi connectivity index (χ2v) is 4.23. The molecular weight excluding hydrogens is 241 g/mol. The zero-order chi connectivity index (χ0) is 13.2. The number of hydrogen-bond donors (Lipinski definition) is 1. The van der Waals surface area contributed by atoms with Gasteiger partial charge in [-0.2, -0.15) is 0 Å². The summed E-state index contributed by atoms with van der Waals surface area (Å²) in [5.74, 6) is -0.329. The Morgan fingerprint density at radius 3 is 2.63 bits per heavy atom. The zero-order valence-electron chi connectivity index (χ0n) is 10.1. The lowest BCUT2D eigenvalue weighted by molar-refractivity contribution is 0.619. The SMILES string of the molecule is Nc1ccc(F)c(-n2cncc2-c2ccccc2)c1. The summed E-state index contributed by atoms with van der Waals surface area (Å²) in [6.45, 7) is 0. The van der Waals surface area contributed by atoms with E-state index in [0.717, 1.165) is 11.3 Å². The molecule has 2 N–H and O–H groups in total. The molecule has 2 aromatic carbocycles. The van der Waals surface area contributed by atoms with E-state index in [1.807, 2.05) is 30.3 Å². The Bertz CT molecular complexity index is 704. The first kappa shape index (κ1) is 11.5. The summed E-state index contributed by atoms with van der Waals surface area (Å²) in [6, 6.07) is 14.2. The predicted molar refractivity (Wildman–Crippen MR) is 73.4 cm³/mol. The van der Waals surface area contributed by atoms with Crippen LogP contribution in [0.3, 0.4) is 0 Å². The summed E-state index contributed by atoms with van der Waals surface area (Å²) >= 11 is 0. The third kappa shape index (κ3) is 2.08. The van der Waals surface area contributed by atoms with Gasteiger partial charge in [-0.25, -0.2) is 9.37 Å². The molecular formula is C15H12FN3. The van der Waals surface area contributed by atoms with Crippen LogP contribution in [0.25, 0.3) is 16.9 Å². The number of nitrogen functional groups attached to an aromatic ring is 1. The molecule has 1 heterocycles. The molecule has 0 bridgehead atoms. The van der Waals surface area contributed by atoms with Gasteiger partial charge in [0.15, 0.2) is 0 Å². The van der Waals surface area contributed by atoms with Crippen molar-refractivity contribution < 1.29 is 4.39 Å². The Morgan fingerprint density at radius 2 is 1.84 bits per heavy atom. The first-order valence-corrected chi connectivity index (χ1v) is 5.89. The summed E-state index contributed by atoms with van der Waals surface area (Å²) in [4.78, 5) is 4.10. The van der Waals surface area contributed by atoms with Gasteiger partial charge in [0.2, 0.25) is 0 Å². The summed E-state index contributed by atoms with van der Waals surface area (Å²) in [7, 11) is 0. The Kier molecular flexibility index (Phi) is 2.76. The van der Waals surface area contributed by atoms with Gasteiger partial charge in [0.05, 0.1) is 23.9 Å². The van der Waals surface area contributed by atoms with E-state index in [4.69, 9.17) is 5.73 Å². The molecule has 0 aliphatic carbocycles. The van der Waals surface area contributed by atoms with Crippen LogP contribution in [0.5, 0.6) is 0 Å². The topological polar surface area (TPSA) is 43.8 Å². The third-order valence-electron chi connectivity index (χ3n) is 2.94. The fourth-order valence-corrected chi connectivity index (χ4v) is 2.02. The van der Waals surface area contributed by atoms with Crippen LogP contribution in [-0.4, -0.2) is 9.55 Å². The Hall–Kier alpha value is -2.62. The van der Waals surface area contributed by atoms with E-state index in [-0.39, 0.29) is 5.82 Å². The predicted octanol–water partition coefficient (Wildman–Crippen LogP) is 3.26. The minimum absolute atomic E-state index is 0.329. The molecule has 3 nitrogen and oxygen atoms in total. The second-order valence-electron chi connectivity index (χ2n) is 4.23. The van der Waals surface area contributed by atoms with Gasteiger partial charge in [-0.15, -0.1) is 0 Å². The summed E-state index contributed by atoms with van der Waals surface area (Å²) in [6.07, 6.45) is 3.29. The van der Waals surface area contributed by atoms with Gasteiger partial charge in [-0.3, -0.25) is 4.57 Å². The molecule has 0 atom stereocenters. The number of nitrogens with two attached hydrogens (primary N) is 1. The van der Waals surface area contributed by atoms with Crippen molar-refractivity contribution in [3.8, 4) is 16.9 Å². The summed E-state index contributed by atoms with van der Waals surface area (Å²) in [5.41, 5.74) is 8.44. The highest BCUT2D eigenvalue weighted by molar-refractivity contribution is 5.62. The van der Waals surface area contributed by atoms with Gasteiger partial charge < -0.3 is 5.73 Å². The summed E-state index contributed by atoms with van der Waals surface area (Å²) in [5, 5.41) is 0. The highest BCUT2D eigenvalue weighted by Crippen LogP contribution is 2.25. The molecule has 3 aromatic rings. The van der Waals surface area contributed by atoms with E-state index >= 15 is 0 Å². The van der Waals surface area contributed by atoms with Crippen LogP contribution in [-0.2, 0) is 0 Å². The van der Waals surface area contributed by atoms with Gasteiger partial charge >= 0.3 is 0 Å². The fourth-order valence-electron chi connectivity index (χ4n) is 2.02. The zero-order valence-corrected chi connectivity index (χ0v) is 10.1. The highest BCUT2D eigenvalue weighted by atomic mass is 19.1. The number of anilines is 1. The second kappa shape index (κ2) is 4.57. The number of benzene rings is 2. The van der Waals surface area contributed by atoms with Crippen molar-refractivity contribution in [3.63, 3.8) is 0 Å². The van der Waals surface area contributed by atoms with Crippen molar-refractivity contribution in [3.05, 3.63) is 66.9 Å². The standard InChI is InChI=1S/C15H12FN3/c16-13-7-6-12(17)8-14(13)19-10-18-9-15(19)11-4-2-1-3-5-11/h1-10H,17H2. The number of nitrogens with zero attached hydrogens (tertiary/aromatic N) is 2. The maximum Gasteiger partial charge on any atom is 0.147 e. The van der Waals surface area contributed by atoms with E-state index in [9.17, 15) is 4.39 Å². The van der Waals surface area contributed by atoms with Crippen LogP contribution in [0.2, 0.25) is 0 Å². The Labute approximate surface area is 110 Å². The average Bonchev–Trinajstić information content (AvgIpc) is 2.91. The molecule has 0 fully saturated rings. The number of hydrogen-bond acceptors (Lipinski definition) is 2. The normalized spacial score (nSPS) is 10.6. The largest absolute Gasteiger partial charge is 0.399 e. The van der Waals surface area contributed by atoms with E-state index in [1.165, 1.54) is 12.1 Å². The lowest BCUT2D eigenvalue weighted by Crippen LogP contribution is -2.00. The molecule has 94 valence electrons. The highest BCUT2D eigenvalue weighted by Gasteiger charge is 2.10. The lowest BCUT2D eigenvalue weighted by atomic mass is 10.1. The maximum atomic E-state index is 13.9. The number of halogens is 1. The molecule has 0 unspecified atom stereocenters. The summed E-state index contributed by atoms with van der Waals surface area (Å²) < 4.78 is 15.6. The number of rotatable bonds is 2. The maximum absolute atomic E-state index is 13.9. The van der Waals surface area contributed by atoms with Gasteiger partial charge in [0.25, 0.3) is 0 Å². The van der Waals surface area contributed by atoms with E-state index < -0.39 is 0 Å². The first-order valence-electron chi connectivity index (χ1n) is 5.89. The first-order chi connectivity index (χ1) is 9.25. The van der Waals surface area contributed by atoms with Crippen LogP contribution in [0.1, 0.15) is 0 Å². The van der Waals surface area contributed by atoms with Crippen LogP contribution in [0, 0.1) is 5.82 Å². The molecule has 0 saturated heterocycles. The number of imidazole rings is 1. The van der Waals surface area contributed by atoms with E-state index in [1.54, 1.807) is 23.2 Å². The Balaban J connectivity index is 2.18. The molecule has 4 heteroatoms. The Morgan fingerprint density at radius 1 is 1.05 bits per heavy atom. The molecule has 0 aliphatic heterocycles.